The third kappa shape index (κ3) is 2.85. The van der Waals surface area contributed by atoms with Crippen molar-refractivity contribution < 1.29 is 14.6 Å². The number of aryl methyl sites for hydroxylation is 1. The predicted octanol–water partition coefficient (Wildman–Crippen LogP) is 1.13. The Hall–Kier alpha value is -2.37. The molecule has 0 saturated heterocycles. The molecule has 0 aliphatic carbocycles. The Balaban J connectivity index is 1.92. The maximum Gasteiger partial charge on any atom is 0.337 e. The molecule has 0 amide bonds. The van der Waals surface area contributed by atoms with Crippen molar-refractivity contribution in [3.05, 3.63) is 42.0 Å². The molecule has 0 radical (unpaired) electrons. The number of pyridine rings is 1. The van der Waals surface area contributed by atoms with Gasteiger partial charge in [0.1, 0.15) is 5.75 Å². The number of rotatable bonds is 5. The molecule has 1 N–H and O–H groups in total. The monoisotopic (exact) mass is 247 g/mol. The summed E-state index contributed by atoms with van der Waals surface area (Å²) in [4.78, 5) is 14.6. The lowest BCUT2D eigenvalue weighted by Crippen LogP contribution is -2.06. The van der Waals surface area contributed by atoms with Gasteiger partial charge in [-0.2, -0.15) is 5.10 Å². The molecule has 0 aromatic carbocycles. The van der Waals surface area contributed by atoms with Gasteiger partial charge in [0.15, 0.2) is 0 Å². The maximum atomic E-state index is 10.8. The van der Waals surface area contributed by atoms with Crippen LogP contribution < -0.4 is 4.74 Å². The molecule has 0 fully saturated rings. The molecule has 94 valence electrons. The van der Waals surface area contributed by atoms with E-state index in [1.165, 1.54) is 18.5 Å². The number of carbonyl (C=O) groups is 1. The Morgan fingerprint density at radius 2 is 2.33 bits per heavy atom. The van der Waals surface area contributed by atoms with Gasteiger partial charge >= 0.3 is 5.97 Å². The van der Waals surface area contributed by atoms with Gasteiger partial charge in [0.05, 0.1) is 18.4 Å². The lowest BCUT2D eigenvalue weighted by molar-refractivity contribution is 0.0696. The molecule has 0 saturated carbocycles. The van der Waals surface area contributed by atoms with Crippen LogP contribution in [0.2, 0.25) is 0 Å². The zero-order valence-corrected chi connectivity index (χ0v) is 9.91. The molecule has 18 heavy (non-hydrogen) atoms. The van der Waals surface area contributed by atoms with Gasteiger partial charge in [0.25, 0.3) is 0 Å². The molecule has 0 unspecified atom stereocenters. The van der Waals surface area contributed by atoms with Crippen LogP contribution in [0.25, 0.3) is 0 Å². The molecule has 6 nitrogen and oxygen atoms in total. The van der Waals surface area contributed by atoms with Gasteiger partial charge in [-0.05, 0) is 12.1 Å². The third-order valence-electron chi connectivity index (χ3n) is 2.51. The smallest absolute Gasteiger partial charge is 0.337 e. The lowest BCUT2D eigenvalue weighted by atomic mass is 10.3. The number of hydrogen-bond donors (Lipinski definition) is 1. The Morgan fingerprint density at radius 3 is 3.00 bits per heavy atom. The average molecular weight is 247 g/mol. The SMILES string of the molecule is Cn1nccc1CCOc1cncc(C(=O)O)c1. The number of nitrogens with zero attached hydrogens (tertiary/aromatic N) is 3. The van der Waals surface area contributed by atoms with Crippen LogP contribution in [0, 0.1) is 0 Å². The second-order valence-corrected chi connectivity index (χ2v) is 3.76. The first-order valence-corrected chi connectivity index (χ1v) is 5.45. The highest BCUT2D eigenvalue weighted by molar-refractivity contribution is 5.87. The summed E-state index contributed by atoms with van der Waals surface area (Å²) in [5.41, 5.74) is 1.17. The average Bonchev–Trinajstić information content (AvgIpc) is 2.76. The van der Waals surface area contributed by atoms with Crippen molar-refractivity contribution in [1.82, 2.24) is 14.8 Å². The van der Waals surface area contributed by atoms with Crippen LogP contribution in [-0.4, -0.2) is 32.4 Å². The molecular formula is C12H13N3O3. The Labute approximate surface area is 104 Å². The number of hydrogen-bond acceptors (Lipinski definition) is 4. The second kappa shape index (κ2) is 5.31. The van der Waals surface area contributed by atoms with E-state index < -0.39 is 5.97 Å². The standard InChI is InChI=1S/C12H13N3O3/c1-15-10(2-4-14-15)3-5-18-11-6-9(12(16)17)7-13-8-11/h2,4,6-8H,3,5H2,1H3,(H,16,17). The van der Waals surface area contributed by atoms with Gasteiger partial charge in [-0.1, -0.05) is 0 Å². The van der Waals surface area contributed by atoms with E-state index in [0.29, 0.717) is 18.8 Å². The number of carboxylic acid groups (broad SMARTS) is 1. The van der Waals surface area contributed by atoms with Crippen molar-refractivity contribution in [3.8, 4) is 5.75 Å². The summed E-state index contributed by atoms with van der Waals surface area (Å²) in [6.45, 7) is 0.449. The molecule has 0 bridgehead atoms. The molecule has 2 aromatic rings. The summed E-state index contributed by atoms with van der Waals surface area (Å²) < 4.78 is 7.23. The van der Waals surface area contributed by atoms with Crippen LogP contribution >= 0.6 is 0 Å². The van der Waals surface area contributed by atoms with Crippen LogP contribution in [0.15, 0.2) is 30.7 Å². The van der Waals surface area contributed by atoms with Crippen LogP contribution in [-0.2, 0) is 13.5 Å². The first kappa shape index (κ1) is 12.1. The molecule has 0 aliphatic heterocycles. The van der Waals surface area contributed by atoms with Gasteiger partial charge in [0.2, 0.25) is 0 Å². The number of aromatic nitrogens is 3. The van der Waals surface area contributed by atoms with Crippen molar-refractivity contribution >= 4 is 5.97 Å². The molecular weight excluding hydrogens is 234 g/mol. The summed E-state index contributed by atoms with van der Waals surface area (Å²) in [5, 5.41) is 12.9. The molecule has 0 spiro atoms. The Kier molecular flexibility index (Phi) is 3.57. The van der Waals surface area contributed by atoms with Gasteiger partial charge in [0, 0.05) is 31.6 Å². The van der Waals surface area contributed by atoms with E-state index in [9.17, 15) is 4.79 Å². The summed E-state index contributed by atoms with van der Waals surface area (Å²) in [7, 11) is 1.86. The van der Waals surface area contributed by atoms with Crippen LogP contribution in [0.4, 0.5) is 0 Å². The molecule has 2 aromatic heterocycles. The zero-order chi connectivity index (χ0) is 13.0. The normalized spacial score (nSPS) is 10.3. The van der Waals surface area contributed by atoms with E-state index in [1.54, 1.807) is 10.9 Å². The fourth-order valence-electron chi connectivity index (χ4n) is 1.53. The fraction of sp³-hybridized carbons (Fsp3) is 0.250. The van der Waals surface area contributed by atoms with Crippen molar-refractivity contribution in [3.63, 3.8) is 0 Å². The number of ether oxygens (including phenoxy) is 1. The highest BCUT2D eigenvalue weighted by Gasteiger charge is 2.05. The molecule has 0 atom stereocenters. The van der Waals surface area contributed by atoms with E-state index in [2.05, 4.69) is 10.1 Å². The van der Waals surface area contributed by atoms with Crippen LogP contribution in [0.5, 0.6) is 5.75 Å². The minimum Gasteiger partial charge on any atom is -0.492 e. The highest BCUT2D eigenvalue weighted by Crippen LogP contribution is 2.11. The lowest BCUT2D eigenvalue weighted by Gasteiger charge is -2.06. The number of carboxylic acids is 1. The second-order valence-electron chi connectivity index (χ2n) is 3.76. The van der Waals surface area contributed by atoms with Crippen molar-refractivity contribution in [2.75, 3.05) is 6.61 Å². The fourth-order valence-corrected chi connectivity index (χ4v) is 1.53. The van der Waals surface area contributed by atoms with Crippen LogP contribution in [0.3, 0.4) is 0 Å². The van der Waals surface area contributed by atoms with E-state index in [1.807, 2.05) is 13.1 Å². The van der Waals surface area contributed by atoms with Gasteiger partial charge in [-0.25, -0.2) is 4.79 Å². The topological polar surface area (TPSA) is 77.2 Å². The van der Waals surface area contributed by atoms with E-state index in [0.717, 1.165) is 5.69 Å². The molecule has 2 rings (SSSR count). The maximum absolute atomic E-state index is 10.8. The Bertz CT molecular complexity index is 551. The minimum absolute atomic E-state index is 0.119. The van der Waals surface area contributed by atoms with Crippen molar-refractivity contribution in [2.45, 2.75) is 6.42 Å². The summed E-state index contributed by atoms with van der Waals surface area (Å²) in [6, 6.07) is 3.37. The largest absolute Gasteiger partial charge is 0.492 e. The zero-order valence-electron chi connectivity index (χ0n) is 9.91. The van der Waals surface area contributed by atoms with E-state index >= 15 is 0 Å². The summed E-state index contributed by atoms with van der Waals surface area (Å²) in [6.07, 6.45) is 5.21. The summed E-state index contributed by atoms with van der Waals surface area (Å²) in [5.74, 6) is -0.559. The highest BCUT2D eigenvalue weighted by atomic mass is 16.5. The number of aromatic carboxylic acids is 1. The van der Waals surface area contributed by atoms with E-state index in [-0.39, 0.29) is 5.56 Å². The van der Waals surface area contributed by atoms with Gasteiger partial charge < -0.3 is 9.84 Å². The predicted molar refractivity (Wildman–Crippen MR) is 63.6 cm³/mol. The van der Waals surface area contributed by atoms with Gasteiger partial charge in [-0.15, -0.1) is 0 Å². The molecule has 2 heterocycles. The van der Waals surface area contributed by atoms with E-state index in [4.69, 9.17) is 9.84 Å². The Morgan fingerprint density at radius 1 is 1.50 bits per heavy atom. The van der Waals surface area contributed by atoms with Crippen molar-refractivity contribution in [1.29, 1.82) is 0 Å². The molecule has 0 aliphatic rings. The first-order valence-electron chi connectivity index (χ1n) is 5.45. The quantitative estimate of drug-likeness (QED) is 0.857. The first-order chi connectivity index (χ1) is 8.66. The van der Waals surface area contributed by atoms with Crippen molar-refractivity contribution in [2.24, 2.45) is 7.05 Å². The molecule has 6 heteroatoms. The van der Waals surface area contributed by atoms with Gasteiger partial charge in [-0.3, -0.25) is 9.67 Å². The van der Waals surface area contributed by atoms with Crippen LogP contribution in [0.1, 0.15) is 16.1 Å². The summed E-state index contributed by atoms with van der Waals surface area (Å²) >= 11 is 0. The third-order valence-corrected chi connectivity index (χ3v) is 2.51. The minimum atomic E-state index is -1.01.